The highest BCUT2D eigenvalue weighted by Gasteiger charge is 2.45. The lowest BCUT2D eigenvalue weighted by Gasteiger charge is -2.19. The molecule has 2 aliphatic rings. The first kappa shape index (κ1) is 11.0. The summed E-state index contributed by atoms with van der Waals surface area (Å²) in [6.07, 6.45) is 2.89. The van der Waals surface area contributed by atoms with E-state index in [9.17, 15) is 13.6 Å². The molecule has 2 rings (SSSR count). The summed E-state index contributed by atoms with van der Waals surface area (Å²) in [5.41, 5.74) is 0. The molecule has 1 aliphatic heterocycles. The number of alkyl halides is 2. The maximum absolute atomic E-state index is 13.3. The van der Waals surface area contributed by atoms with E-state index in [1.165, 1.54) is 0 Å². The Morgan fingerprint density at radius 1 is 1.33 bits per heavy atom. The van der Waals surface area contributed by atoms with Gasteiger partial charge in [0.1, 0.15) is 5.78 Å². The Bertz CT molecular complexity index is 249. The van der Waals surface area contributed by atoms with Crippen LogP contribution in [0.1, 0.15) is 38.5 Å². The molecule has 1 unspecified atom stereocenters. The number of hydrogen-bond acceptors (Lipinski definition) is 2. The third kappa shape index (κ3) is 2.36. The molecule has 15 heavy (non-hydrogen) atoms. The van der Waals surface area contributed by atoms with Crippen molar-refractivity contribution in [2.45, 2.75) is 50.5 Å². The van der Waals surface area contributed by atoms with Crippen LogP contribution in [0.2, 0.25) is 0 Å². The molecule has 1 aliphatic carbocycles. The molecule has 0 aromatic rings. The normalized spacial score (nSPS) is 34.5. The van der Waals surface area contributed by atoms with Gasteiger partial charge in [-0.2, -0.15) is 0 Å². The molecule has 0 radical (unpaired) electrons. The number of carbonyl (C=O) groups excluding carboxylic acids is 1. The fourth-order valence-electron chi connectivity index (χ4n) is 2.60. The van der Waals surface area contributed by atoms with Gasteiger partial charge in [0.15, 0.2) is 0 Å². The number of rotatable bonds is 3. The fraction of sp³-hybridized carbons (Fsp3) is 0.909. The Balaban J connectivity index is 1.88. The van der Waals surface area contributed by atoms with E-state index in [0.29, 0.717) is 12.8 Å². The molecule has 0 amide bonds. The van der Waals surface area contributed by atoms with Gasteiger partial charge in [-0.05, 0) is 32.2 Å². The smallest absolute Gasteiger partial charge is 0.251 e. The Morgan fingerprint density at radius 2 is 2.13 bits per heavy atom. The summed E-state index contributed by atoms with van der Waals surface area (Å²) in [6, 6.07) is -0.151. The number of halogens is 2. The summed E-state index contributed by atoms with van der Waals surface area (Å²) in [5, 5.41) is 3.06. The highest BCUT2D eigenvalue weighted by atomic mass is 19.3. The van der Waals surface area contributed by atoms with E-state index in [2.05, 4.69) is 5.32 Å². The lowest BCUT2D eigenvalue weighted by atomic mass is 9.94. The van der Waals surface area contributed by atoms with Crippen molar-refractivity contribution in [1.29, 1.82) is 0 Å². The summed E-state index contributed by atoms with van der Waals surface area (Å²) in [5.74, 6) is -3.32. The third-order valence-electron chi connectivity index (χ3n) is 3.56. The van der Waals surface area contributed by atoms with Crippen LogP contribution < -0.4 is 5.32 Å². The predicted octanol–water partition coefficient (Wildman–Crippen LogP) is 2.13. The first-order chi connectivity index (χ1) is 7.09. The van der Waals surface area contributed by atoms with E-state index < -0.39 is 11.8 Å². The van der Waals surface area contributed by atoms with Gasteiger partial charge in [-0.15, -0.1) is 0 Å². The lowest BCUT2D eigenvalue weighted by Crippen LogP contribution is -2.34. The molecule has 1 heterocycles. The summed E-state index contributed by atoms with van der Waals surface area (Å²) in [7, 11) is 0. The van der Waals surface area contributed by atoms with E-state index in [0.717, 1.165) is 19.4 Å². The number of hydrogen-bond donors (Lipinski definition) is 1. The van der Waals surface area contributed by atoms with Gasteiger partial charge < -0.3 is 5.32 Å². The molecule has 0 aromatic heterocycles. The number of ketones is 1. The number of nitrogens with one attached hydrogen (secondary N) is 1. The lowest BCUT2D eigenvalue weighted by molar-refractivity contribution is -0.125. The molecular formula is C11H17F2NO. The molecule has 1 N–H and O–H groups in total. The summed E-state index contributed by atoms with van der Waals surface area (Å²) >= 11 is 0. The van der Waals surface area contributed by atoms with Crippen LogP contribution in [0.3, 0.4) is 0 Å². The zero-order valence-corrected chi connectivity index (χ0v) is 8.77. The summed E-state index contributed by atoms with van der Waals surface area (Å²) in [4.78, 5) is 11.7. The van der Waals surface area contributed by atoms with Crippen molar-refractivity contribution in [2.24, 2.45) is 5.92 Å². The first-order valence-electron chi connectivity index (χ1n) is 5.73. The van der Waals surface area contributed by atoms with Gasteiger partial charge in [-0.25, -0.2) is 8.78 Å². The van der Waals surface area contributed by atoms with E-state index in [4.69, 9.17) is 0 Å². The largest absolute Gasteiger partial charge is 0.307 e. The van der Waals surface area contributed by atoms with Crippen LogP contribution in [0.5, 0.6) is 0 Å². The van der Waals surface area contributed by atoms with Crippen LogP contribution in [0, 0.1) is 5.92 Å². The van der Waals surface area contributed by atoms with E-state index in [1.54, 1.807) is 0 Å². The zero-order valence-electron chi connectivity index (χ0n) is 8.77. The Hall–Kier alpha value is -0.510. The Kier molecular flexibility index (Phi) is 3.05. The predicted molar refractivity (Wildman–Crippen MR) is 52.9 cm³/mol. The maximum atomic E-state index is 13.3. The minimum Gasteiger partial charge on any atom is -0.307 e. The molecule has 0 spiro atoms. The molecule has 4 heteroatoms. The minimum absolute atomic E-state index is 0.0147. The first-order valence-corrected chi connectivity index (χ1v) is 5.73. The molecule has 2 nitrogen and oxygen atoms in total. The quantitative estimate of drug-likeness (QED) is 0.784. The second kappa shape index (κ2) is 4.16. The minimum atomic E-state index is -2.60. The zero-order chi connectivity index (χ0) is 10.9. The Labute approximate surface area is 88.4 Å². The van der Waals surface area contributed by atoms with Crippen LogP contribution in [-0.2, 0) is 4.79 Å². The fourth-order valence-corrected chi connectivity index (χ4v) is 2.60. The Morgan fingerprint density at radius 3 is 2.67 bits per heavy atom. The topological polar surface area (TPSA) is 29.1 Å². The van der Waals surface area contributed by atoms with Crippen molar-refractivity contribution in [2.75, 3.05) is 6.54 Å². The molecule has 1 saturated carbocycles. The maximum Gasteiger partial charge on any atom is 0.251 e. The van der Waals surface area contributed by atoms with Crippen molar-refractivity contribution in [3.63, 3.8) is 0 Å². The van der Waals surface area contributed by atoms with E-state index >= 15 is 0 Å². The third-order valence-corrected chi connectivity index (χ3v) is 3.56. The van der Waals surface area contributed by atoms with Gasteiger partial charge in [0, 0.05) is 18.8 Å². The van der Waals surface area contributed by atoms with Gasteiger partial charge in [0.05, 0.1) is 6.04 Å². The van der Waals surface area contributed by atoms with Gasteiger partial charge >= 0.3 is 0 Å². The summed E-state index contributed by atoms with van der Waals surface area (Å²) in [6.45, 7) is 0.845. The van der Waals surface area contributed by atoms with E-state index in [1.807, 2.05) is 0 Å². The summed E-state index contributed by atoms with van der Waals surface area (Å²) < 4.78 is 26.6. The number of Topliss-reactive ketones (excluding diaryl/α,β-unsaturated/α-hetero) is 1. The van der Waals surface area contributed by atoms with Crippen molar-refractivity contribution in [3.05, 3.63) is 0 Å². The van der Waals surface area contributed by atoms with Gasteiger partial charge in [-0.3, -0.25) is 4.79 Å². The highest BCUT2D eigenvalue weighted by Crippen LogP contribution is 2.42. The second-order valence-electron chi connectivity index (χ2n) is 4.67. The van der Waals surface area contributed by atoms with Crippen LogP contribution >= 0.6 is 0 Å². The van der Waals surface area contributed by atoms with Gasteiger partial charge in [0.2, 0.25) is 0 Å². The van der Waals surface area contributed by atoms with E-state index in [-0.39, 0.29) is 24.7 Å². The molecule has 0 aromatic carbocycles. The van der Waals surface area contributed by atoms with Gasteiger partial charge in [0.25, 0.3) is 5.92 Å². The van der Waals surface area contributed by atoms with Crippen LogP contribution in [0.25, 0.3) is 0 Å². The molecule has 86 valence electrons. The number of carbonyl (C=O) groups is 1. The standard InChI is InChI=1S/C11H17F2NO/c12-11(13)5-1-3-8(11)7-10(15)9-4-2-6-14-9/h8-9,14H,1-7H2/t8?,9-/m1/s1. The van der Waals surface area contributed by atoms with Crippen LogP contribution in [0.4, 0.5) is 8.78 Å². The molecular weight excluding hydrogens is 200 g/mol. The molecule has 0 bridgehead atoms. The van der Waals surface area contributed by atoms with Gasteiger partial charge in [-0.1, -0.05) is 0 Å². The highest BCUT2D eigenvalue weighted by molar-refractivity contribution is 5.84. The molecule has 2 atom stereocenters. The van der Waals surface area contributed by atoms with Crippen LogP contribution in [0.15, 0.2) is 0 Å². The average molecular weight is 217 g/mol. The van der Waals surface area contributed by atoms with Crippen molar-refractivity contribution in [3.8, 4) is 0 Å². The SMILES string of the molecule is O=C(CC1CCCC1(F)F)[C@H]1CCCN1. The van der Waals surface area contributed by atoms with Crippen molar-refractivity contribution < 1.29 is 13.6 Å². The second-order valence-corrected chi connectivity index (χ2v) is 4.67. The monoisotopic (exact) mass is 217 g/mol. The molecule has 1 saturated heterocycles. The van der Waals surface area contributed by atoms with Crippen molar-refractivity contribution >= 4 is 5.78 Å². The average Bonchev–Trinajstić information content (AvgIpc) is 2.76. The van der Waals surface area contributed by atoms with Crippen molar-refractivity contribution in [1.82, 2.24) is 5.32 Å². The molecule has 2 fully saturated rings. The van der Waals surface area contributed by atoms with Crippen LogP contribution in [-0.4, -0.2) is 24.3 Å².